The normalized spacial score (nSPS) is 16.5. The summed E-state index contributed by atoms with van der Waals surface area (Å²) in [5.74, 6) is 1.71. The highest BCUT2D eigenvalue weighted by Gasteiger charge is 2.28. The molecule has 0 amide bonds. The smallest absolute Gasteiger partial charge is 0.323 e. The monoisotopic (exact) mass is 607 g/mol. The van der Waals surface area contributed by atoms with Crippen LogP contribution in [0.2, 0.25) is 0 Å². The van der Waals surface area contributed by atoms with Gasteiger partial charge in [-0.2, -0.15) is 9.97 Å². The molecule has 12 nitrogen and oxygen atoms in total. The minimum Gasteiger partial charge on any atom is -0.493 e. The zero-order valence-electron chi connectivity index (χ0n) is 26.0. The SMILES string of the molecule is COc1cc(NCc2cnc3nc(N)nc(N)c3c2C)cc(OC)c1OCC[C@H](NC1CCCCC1)C(=O)OC1CCCC1. The first kappa shape index (κ1) is 31.4. The Labute approximate surface area is 258 Å². The first-order valence-corrected chi connectivity index (χ1v) is 15.6. The number of hydrogen-bond donors (Lipinski definition) is 4. The van der Waals surface area contributed by atoms with Gasteiger partial charge in [0.05, 0.1) is 26.2 Å². The zero-order chi connectivity index (χ0) is 31.1. The molecule has 2 heterocycles. The number of nitrogens with one attached hydrogen (secondary N) is 2. The number of nitrogen functional groups attached to an aromatic ring is 2. The lowest BCUT2D eigenvalue weighted by Crippen LogP contribution is -2.46. The first-order chi connectivity index (χ1) is 21.4. The van der Waals surface area contributed by atoms with Crippen molar-refractivity contribution in [1.82, 2.24) is 20.3 Å². The Balaban J connectivity index is 1.26. The highest BCUT2D eigenvalue weighted by molar-refractivity contribution is 5.90. The maximum Gasteiger partial charge on any atom is 0.323 e. The topological polar surface area (TPSA) is 169 Å². The molecule has 2 aliphatic carbocycles. The van der Waals surface area contributed by atoms with Crippen molar-refractivity contribution in [1.29, 1.82) is 0 Å². The van der Waals surface area contributed by atoms with Gasteiger partial charge in [0.1, 0.15) is 18.0 Å². The summed E-state index contributed by atoms with van der Waals surface area (Å²) in [6, 6.07) is 3.60. The highest BCUT2D eigenvalue weighted by Crippen LogP contribution is 2.40. The third-order valence-electron chi connectivity index (χ3n) is 8.64. The minimum absolute atomic E-state index is 0.0259. The van der Waals surface area contributed by atoms with E-state index in [0.717, 1.165) is 55.3 Å². The van der Waals surface area contributed by atoms with Gasteiger partial charge in [-0.15, -0.1) is 0 Å². The van der Waals surface area contributed by atoms with E-state index in [0.29, 0.717) is 59.7 Å². The number of aromatic nitrogens is 3. The standard InChI is InChI=1S/C32H45N7O5/c1-19-20(18-36-30-27(19)29(33)38-32(34)39-30)17-35-22-15-25(41-2)28(26(16-22)42-3)43-14-13-24(37-21-9-5-4-6-10-21)31(40)44-23-11-7-8-12-23/h15-16,18,21,23-24,35,37H,4-14,17H2,1-3H3,(H4,33,34,36,38,39)/t24-/m0/s1. The molecule has 44 heavy (non-hydrogen) atoms. The molecule has 1 atom stereocenters. The van der Waals surface area contributed by atoms with E-state index in [1.54, 1.807) is 20.4 Å². The summed E-state index contributed by atoms with van der Waals surface area (Å²) < 4.78 is 23.5. The number of ether oxygens (including phenoxy) is 4. The summed E-state index contributed by atoms with van der Waals surface area (Å²) >= 11 is 0. The molecular formula is C32H45N7O5. The lowest BCUT2D eigenvalue weighted by molar-refractivity contribution is -0.152. The lowest BCUT2D eigenvalue weighted by atomic mass is 9.94. The van der Waals surface area contributed by atoms with Crippen LogP contribution in [-0.2, 0) is 16.1 Å². The fourth-order valence-electron chi connectivity index (χ4n) is 6.19. The first-order valence-electron chi connectivity index (χ1n) is 15.6. The zero-order valence-corrected chi connectivity index (χ0v) is 26.0. The van der Waals surface area contributed by atoms with E-state index in [4.69, 9.17) is 30.4 Å². The second-order valence-corrected chi connectivity index (χ2v) is 11.7. The van der Waals surface area contributed by atoms with Gasteiger partial charge in [-0.05, 0) is 56.6 Å². The maximum absolute atomic E-state index is 13.2. The second kappa shape index (κ2) is 14.6. The molecule has 0 radical (unpaired) electrons. The van der Waals surface area contributed by atoms with Crippen LogP contribution in [0.25, 0.3) is 11.0 Å². The number of nitrogens with two attached hydrogens (primary N) is 2. The molecule has 0 spiro atoms. The van der Waals surface area contributed by atoms with Crippen LogP contribution in [0.3, 0.4) is 0 Å². The van der Waals surface area contributed by atoms with Crippen molar-refractivity contribution in [2.45, 2.75) is 95.9 Å². The van der Waals surface area contributed by atoms with Gasteiger partial charge in [-0.3, -0.25) is 4.79 Å². The number of hydrogen-bond acceptors (Lipinski definition) is 12. The predicted octanol–water partition coefficient (Wildman–Crippen LogP) is 4.67. The summed E-state index contributed by atoms with van der Waals surface area (Å²) in [5.41, 5.74) is 14.9. The van der Waals surface area contributed by atoms with Gasteiger partial charge in [0.15, 0.2) is 17.1 Å². The molecule has 1 aromatic carbocycles. The number of fused-ring (bicyclic) bond motifs is 1. The van der Waals surface area contributed by atoms with Crippen molar-refractivity contribution in [3.05, 3.63) is 29.5 Å². The van der Waals surface area contributed by atoms with Gasteiger partial charge in [0.25, 0.3) is 0 Å². The van der Waals surface area contributed by atoms with Gasteiger partial charge in [0, 0.05) is 43.0 Å². The van der Waals surface area contributed by atoms with Crippen LogP contribution in [-0.4, -0.2) is 59.9 Å². The number of anilines is 3. The second-order valence-electron chi connectivity index (χ2n) is 11.7. The third-order valence-corrected chi connectivity index (χ3v) is 8.64. The number of aryl methyl sites for hydroxylation is 1. The van der Waals surface area contributed by atoms with Crippen LogP contribution in [0.15, 0.2) is 18.3 Å². The molecule has 2 saturated carbocycles. The molecule has 2 fully saturated rings. The van der Waals surface area contributed by atoms with Crippen molar-refractivity contribution in [2.24, 2.45) is 0 Å². The minimum atomic E-state index is -0.425. The van der Waals surface area contributed by atoms with Crippen LogP contribution in [0.1, 0.15) is 75.3 Å². The number of esters is 1. The molecule has 2 aliphatic rings. The molecule has 0 saturated heterocycles. The Morgan fingerprint density at radius 3 is 2.36 bits per heavy atom. The van der Waals surface area contributed by atoms with Crippen LogP contribution >= 0.6 is 0 Å². The van der Waals surface area contributed by atoms with E-state index >= 15 is 0 Å². The van der Waals surface area contributed by atoms with Gasteiger partial charge in [0.2, 0.25) is 11.7 Å². The van der Waals surface area contributed by atoms with E-state index in [1.807, 2.05) is 19.1 Å². The number of carbonyl (C=O) groups is 1. The Morgan fingerprint density at radius 1 is 1.00 bits per heavy atom. The van der Waals surface area contributed by atoms with Crippen molar-refractivity contribution in [3.63, 3.8) is 0 Å². The maximum atomic E-state index is 13.2. The van der Waals surface area contributed by atoms with Crippen molar-refractivity contribution in [2.75, 3.05) is 37.6 Å². The largest absolute Gasteiger partial charge is 0.493 e. The van der Waals surface area contributed by atoms with Crippen LogP contribution < -0.4 is 36.3 Å². The number of rotatable bonds is 13. The van der Waals surface area contributed by atoms with E-state index in [2.05, 4.69) is 25.6 Å². The summed E-state index contributed by atoms with van der Waals surface area (Å²) in [6.45, 7) is 2.71. The average molecular weight is 608 g/mol. The van der Waals surface area contributed by atoms with Crippen LogP contribution in [0, 0.1) is 6.92 Å². The summed E-state index contributed by atoms with van der Waals surface area (Å²) in [7, 11) is 3.17. The van der Waals surface area contributed by atoms with E-state index in [1.165, 1.54) is 19.3 Å². The molecule has 238 valence electrons. The van der Waals surface area contributed by atoms with Gasteiger partial charge in [-0.25, -0.2) is 4.98 Å². The number of nitrogens with zero attached hydrogens (tertiary/aromatic N) is 3. The highest BCUT2D eigenvalue weighted by atomic mass is 16.5. The van der Waals surface area contributed by atoms with Crippen LogP contribution in [0.4, 0.5) is 17.5 Å². The molecule has 0 bridgehead atoms. The van der Waals surface area contributed by atoms with Gasteiger partial charge < -0.3 is 41.0 Å². The summed E-state index contributed by atoms with van der Waals surface area (Å²) in [5, 5.41) is 7.67. The summed E-state index contributed by atoms with van der Waals surface area (Å²) in [6.07, 6.45) is 12.1. The number of methoxy groups -OCH3 is 2. The van der Waals surface area contributed by atoms with E-state index in [-0.39, 0.29) is 18.0 Å². The Morgan fingerprint density at radius 2 is 1.68 bits per heavy atom. The fraction of sp³-hybridized carbons (Fsp3) is 0.562. The van der Waals surface area contributed by atoms with Crippen molar-refractivity contribution in [3.8, 4) is 17.2 Å². The lowest BCUT2D eigenvalue weighted by Gasteiger charge is -2.28. The van der Waals surface area contributed by atoms with E-state index < -0.39 is 6.04 Å². The third kappa shape index (κ3) is 7.53. The molecule has 3 aromatic rings. The van der Waals surface area contributed by atoms with Crippen LogP contribution in [0.5, 0.6) is 17.2 Å². The van der Waals surface area contributed by atoms with Gasteiger partial charge >= 0.3 is 5.97 Å². The van der Waals surface area contributed by atoms with Crippen molar-refractivity contribution < 1.29 is 23.7 Å². The Hall–Kier alpha value is -4.06. The molecule has 6 N–H and O–H groups in total. The Bertz CT molecular complexity index is 1420. The Kier molecular flexibility index (Phi) is 10.4. The molecule has 5 rings (SSSR count). The molecule has 0 aliphatic heterocycles. The molecule has 12 heteroatoms. The molecule has 0 unspecified atom stereocenters. The summed E-state index contributed by atoms with van der Waals surface area (Å²) in [4.78, 5) is 25.9. The van der Waals surface area contributed by atoms with E-state index in [9.17, 15) is 4.79 Å². The van der Waals surface area contributed by atoms with Gasteiger partial charge in [-0.1, -0.05) is 19.3 Å². The van der Waals surface area contributed by atoms with Crippen molar-refractivity contribution >= 4 is 34.5 Å². The number of benzene rings is 1. The number of carbonyl (C=O) groups excluding carboxylic acids is 1. The fourth-order valence-corrected chi connectivity index (χ4v) is 6.19. The number of pyridine rings is 1. The molecule has 2 aromatic heterocycles. The quantitative estimate of drug-likeness (QED) is 0.198. The average Bonchev–Trinajstić information content (AvgIpc) is 3.53. The predicted molar refractivity (Wildman–Crippen MR) is 170 cm³/mol. The molecular weight excluding hydrogens is 562 g/mol.